The van der Waals surface area contributed by atoms with Gasteiger partial charge in [-0.2, -0.15) is 5.26 Å². The van der Waals surface area contributed by atoms with Gasteiger partial charge in [0.15, 0.2) is 5.60 Å². The maximum absolute atomic E-state index is 11.4. The van der Waals surface area contributed by atoms with Crippen LogP contribution in [0.15, 0.2) is 54.7 Å². The molecule has 0 atom stereocenters. The number of hydrogen-bond donors (Lipinski definition) is 1. The molecule has 1 N–H and O–H groups in total. The standard InChI is InChI=1S/C20H16N2O3/c1-20(2,19(23)24)25-17-10-9-16-15(4-3-11-22-16)18(17)14-7-5-13(12-21)6-8-14/h3-11H,1-2H3,(H,23,24). The number of fused-ring (bicyclic) bond motifs is 1. The molecular weight excluding hydrogens is 316 g/mol. The Bertz CT molecular complexity index is 986. The van der Waals surface area contributed by atoms with Crippen LogP contribution < -0.4 is 4.74 Å². The Morgan fingerprint density at radius 1 is 1.16 bits per heavy atom. The minimum atomic E-state index is -1.38. The molecule has 0 fully saturated rings. The van der Waals surface area contributed by atoms with Crippen molar-refractivity contribution in [3.8, 4) is 22.9 Å². The van der Waals surface area contributed by atoms with Gasteiger partial charge in [-0.3, -0.25) is 4.98 Å². The van der Waals surface area contributed by atoms with Gasteiger partial charge in [-0.05, 0) is 49.7 Å². The van der Waals surface area contributed by atoms with Gasteiger partial charge in [0, 0.05) is 17.1 Å². The van der Waals surface area contributed by atoms with E-state index in [1.54, 1.807) is 30.5 Å². The van der Waals surface area contributed by atoms with Crippen LogP contribution in [0.5, 0.6) is 5.75 Å². The van der Waals surface area contributed by atoms with Crippen molar-refractivity contribution in [1.29, 1.82) is 5.26 Å². The predicted octanol–water partition coefficient (Wildman–Crippen LogP) is 4.02. The zero-order chi connectivity index (χ0) is 18.0. The molecule has 0 saturated carbocycles. The first kappa shape index (κ1) is 16.5. The SMILES string of the molecule is CC(C)(Oc1ccc2ncccc2c1-c1ccc(C#N)cc1)C(=O)O. The Hall–Kier alpha value is -3.39. The van der Waals surface area contributed by atoms with Gasteiger partial charge in [0.1, 0.15) is 5.75 Å². The van der Waals surface area contributed by atoms with E-state index in [4.69, 9.17) is 10.00 Å². The molecule has 1 heterocycles. The van der Waals surface area contributed by atoms with Crippen LogP contribution in [0.4, 0.5) is 0 Å². The molecule has 0 saturated heterocycles. The zero-order valence-corrected chi connectivity index (χ0v) is 13.9. The number of nitrogens with zero attached hydrogens (tertiary/aromatic N) is 2. The summed E-state index contributed by atoms with van der Waals surface area (Å²) in [5.74, 6) is -0.595. The summed E-state index contributed by atoms with van der Waals surface area (Å²) in [6.45, 7) is 3.01. The smallest absolute Gasteiger partial charge is 0.347 e. The van der Waals surface area contributed by atoms with Crippen molar-refractivity contribution in [2.45, 2.75) is 19.4 Å². The van der Waals surface area contributed by atoms with E-state index in [9.17, 15) is 9.90 Å². The first-order chi connectivity index (χ1) is 11.9. The summed E-state index contributed by atoms with van der Waals surface area (Å²) in [5.41, 5.74) is 1.54. The van der Waals surface area contributed by atoms with Crippen molar-refractivity contribution < 1.29 is 14.6 Å². The monoisotopic (exact) mass is 332 g/mol. The number of ether oxygens (including phenoxy) is 1. The molecule has 5 nitrogen and oxygen atoms in total. The lowest BCUT2D eigenvalue weighted by molar-refractivity contribution is -0.152. The quantitative estimate of drug-likeness (QED) is 0.780. The Morgan fingerprint density at radius 3 is 2.52 bits per heavy atom. The number of carboxylic acids is 1. The zero-order valence-electron chi connectivity index (χ0n) is 13.9. The van der Waals surface area contributed by atoms with Gasteiger partial charge in [-0.1, -0.05) is 18.2 Å². The highest BCUT2D eigenvalue weighted by molar-refractivity contribution is 5.98. The average Bonchev–Trinajstić information content (AvgIpc) is 2.61. The summed E-state index contributed by atoms with van der Waals surface area (Å²) in [6, 6.07) is 16.4. The number of aliphatic carboxylic acids is 1. The van der Waals surface area contributed by atoms with Crippen LogP contribution >= 0.6 is 0 Å². The molecule has 124 valence electrons. The van der Waals surface area contributed by atoms with Gasteiger partial charge in [-0.15, -0.1) is 0 Å². The van der Waals surface area contributed by atoms with Crippen LogP contribution in [-0.4, -0.2) is 21.7 Å². The molecule has 0 spiro atoms. The van der Waals surface area contributed by atoms with E-state index >= 15 is 0 Å². The van der Waals surface area contributed by atoms with Crippen molar-refractivity contribution >= 4 is 16.9 Å². The third-order valence-electron chi connectivity index (χ3n) is 3.93. The van der Waals surface area contributed by atoms with Gasteiger partial charge in [0.25, 0.3) is 0 Å². The molecule has 5 heteroatoms. The van der Waals surface area contributed by atoms with E-state index in [2.05, 4.69) is 11.1 Å². The highest BCUT2D eigenvalue weighted by Gasteiger charge is 2.30. The number of benzene rings is 2. The van der Waals surface area contributed by atoms with Crippen molar-refractivity contribution in [2.24, 2.45) is 0 Å². The van der Waals surface area contributed by atoms with Crippen molar-refractivity contribution in [1.82, 2.24) is 4.98 Å². The van der Waals surface area contributed by atoms with Gasteiger partial charge >= 0.3 is 5.97 Å². The summed E-state index contributed by atoms with van der Waals surface area (Å²) in [5, 5.41) is 19.2. The maximum Gasteiger partial charge on any atom is 0.347 e. The van der Waals surface area contributed by atoms with Crippen LogP contribution in [0, 0.1) is 11.3 Å². The highest BCUT2D eigenvalue weighted by atomic mass is 16.5. The molecule has 25 heavy (non-hydrogen) atoms. The molecule has 0 aliphatic heterocycles. The lowest BCUT2D eigenvalue weighted by atomic mass is 9.98. The average molecular weight is 332 g/mol. The normalized spacial score (nSPS) is 11.1. The third kappa shape index (κ3) is 3.15. The van der Waals surface area contributed by atoms with E-state index in [0.29, 0.717) is 11.3 Å². The number of hydrogen-bond acceptors (Lipinski definition) is 4. The van der Waals surface area contributed by atoms with E-state index in [1.165, 1.54) is 13.8 Å². The van der Waals surface area contributed by atoms with E-state index in [1.807, 2.05) is 24.3 Å². The summed E-state index contributed by atoms with van der Waals surface area (Å²) in [7, 11) is 0. The predicted molar refractivity (Wildman–Crippen MR) is 94.2 cm³/mol. The van der Waals surface area contributed by atoms with Crippen LogP contribution in [0.25, 0.3) is 22.0 Å². The molecule has 0 amide bonds. The number of pyridine rings is 1. The number of rotatable bonds is 4. The lowest BCUT2D eigenvalue weighted by Crippen LogP contribution is -2.38. The summed E-state index contributed by atoms with van der Waals surface area (Å²) >= 11 is 0. The van der Waals surface area contributed by atoms with Crippen molar-refractivity contribution in [3.05, 3.63) is 60.3 Å². The summed E-state index contributed by atoms with van der Waals surface area (Å²) in [6.07, 6.45) is 1.70. The molecule has 1 aromatic heterocycles. The van der Waals surface area contributed by atoms with Gasteiger partial charge < -0.3 is 9.84 Å². The molecule has 0 unspecified atom stereocenters. The molecular formula is C20H16N2O3. The van der Waals surface area contributed by atoms with Gasteiger partial charge in [0.05, 0.1) is 17.1 Å². The lowest BCUT2D eigenvalue weighted by Gasteiger charge is -2.24. The fraction of sp³-hybridized carbons (Fsp3) is 0.150. The molecule has 0 aliphatic carbocycles. The first-order valence-electron chi connectivity index (χ1n) is 7.73. The molecule has 3 aromatic rings. The van der Waals surface area contributed by atoms with E-state index in [0.717, 1.165) is 22.0 Å². The first-order valence-corrected chi connectivity index (χ1v) is 7.73. The van der Waals surface area contributed by atoms with E-state index in [-0.39, 0.29) is 0 Å². The minimum Gasteiger partial charge on any atom is -0.478 e. The van der Waals surface area contributed by atoms with Crippen molar-refractivity contribution in [2.75, 3.05) is 0 Å². The Balaban J connectivity index is 2.23. The Morgan fingerprint density at radius 2 is 1.88 bits per heavy atom. The fourth-order valence-corrected chi connectivity index (χ4v) is 2.55. The topological polar surface area (TPSA) is 83.2 Å². The molecule has 3 rings (SSSR count). The molecule has 2 aromatic carbocycles. The largest absolute Gasteiger partial charge is 0.478 e. The van der Waals surface area contributed by atoms with Crippen LogP contribution in [0.2, 0.25) is 0 Å². The third-order valence-corrected chi connectivity index (χ3v) is 3.93. The Kier molecular flexibility index (Phi) is 4.12. The van der Waals surface area contributed by atoms with Gasteiger partial charge in [-0.25, -0.2) is 4.79 Å². The minimum absolute atomic E-state index is 0.456. The van der Waals surface area contributed by atoms with Crippen molar-refractivity contribution in [3.63, 3.8) is 0 Å². The molecule has 0 bridgehead atoms. The number of aromatic nitrogens is 1. The maximum atomic E-state index is 11.4. The highest BCUT2D eigenvalue weighted by Crippen LogP contribution is 2.38. The number of carbonyl (C=O) groups is 1. The van der Waals surface area contributed by atoms with Crippen LogP contribution in [0.3, 0.4) is 0 Å². The number of carboxylic acid groups (broad SMARTS) is 1. The van der Waals surface area contributed by atoms with E-state index < -0.39 is 11.6 Å². The second kappa shape index (κ2) is 6.25. The fourth-order valence-electron chi connectivity index (χ4n) is 2.55. The molecule has 0 radical (unpaired) electrons. The summed E-state index contributed by atoms with van der Waals surface area (Å²) < 4.78 is 5.82. The second-order valence-corrected chi connectivity index (χ2v) is 6.12. The number of nitriles is 1. The molecule has 0 aliphatic rings. The second-order valence-electron chi connectivity index (χ2n) is 6.12. The Labute approximate surface area is 145 Å². The van der Waals surface area contributed by atoms with Crippen LogP contribution in [-0.2, 0) is 4.79 Å². The van der Waals surface area contributed by atoms with Gasteiger partial charge in [0.2, 0.25) is 0 Å². The van der Waals surface area contributed by atoms with Crippen LogP contribution in [0.1, 0.15) is 19.4 Å². The summed E-state index contributed by atoms with van der Waals surface area (Å²) in [4.78, 5) is 15.8.